The van der Waals surface area contributed by atoms with Crippen LogP contribution in [-0.4, -0.2) is 38.0 Å². The van der Waals surface area contributed by atoms with Crippen LogP contribution < -0.4 is 0 Å². The van der Waals surface area contributed by atoms with E-state index in [0.29, 0.717) is 5.92 Å². The standard InChI is InChI=1S/C14H21N5/c1-2-6-19-10-12(8-16-19)9-18-7-4-13(11-18)14-3-5-15-17-14/h3,5,8,10,13H,2,4,6-7,9,11H2,1H3,(H,15,17)/t13-/m0/s1. The lowest BCUT2D eigenvalue weighted by atomic mass is 10.1. The predicted octanol–water partition coefficient (Wildman–Crippen LogP) is 2.01. The third-order valence-corrected chi connectivity index (χ3v) is 3.78. The third-order valence-electron chi connectivity index (χ3n) is 3.78. The molecule has 3 heterocycles. The maximum absolute atomic E-state index is 4.39. The van der Waals surface area contributed by atoms with E-state index in [1.807, 2.05) is 17.1 Å². The third kappa shape index (κ3) is 2.87. The molecule has 0 spiro atoms. The number of aromatic nitrogens is 4. The van der Waals surface area contributed by atoms with Gasteiger partial charge in [-0.15, -0.1) is 0 Å². The van der Waals surface area contributed by atoms with Crippen LogP contribution in [0.2, 0.25) is 0 Å². The fourth-order valence-electron chi connectivity index (χ4n) is 2.82. The van der Waals surface area contributed by atoms with Crippen molar-refractivity contribution in [2.24, 2.45) is 0 Å². The van der Waals surface area contributed by atoms with E-state index in [9.17, 15) is 0 Å². The lowest BCUT2D eigenvalue weighted by Gasteiger charge is -2.14. The molecule has 0 aromatic carbocycles. The Labute approximate surface area is 113 Å². The van der Waals surface area contributed by atoms with Gasteiger partial charge in [0.25, 0.3) is 0 Å². The number of nitrogens with zero attached hydrogens (tertiary/aromatic N) is 4. The van der Waals surface area contributed by atoms with Gasteiger partial charge in [-0.1, -0.05) is 6.92 Å². The topological polar surface area (TPSA) is 49.7 Å². The van der Waals surface area contributed by atoms with Gasteiger partial charge in [0, 0.05) is 49.2 Å². The van der Waals surface area contributed by atoms with Crippen molar-refractivity contribution in [2.45, 2.75) is 38.8 Å². The molecular weight excluding hydrogens is 238 g/mol. The van der Waals surface area contributed by atoms with Crippen LogP contribution in [0.15, 0.2) is 24.7 Å². The minimum Gasteiger partial charge on any atom is -0.298 e. The highest BCUT2D eigenvalue weighted by molar-refractivity contribution is 5.10. The highest BCUT2D eigenvalue weighted by Gasteiger charge is 2.24. The van der Waals surface area contributed by atoms with Crippen molar-refractivity contribution < 1.29 is 0 Å². The molecule has 0 aliphatic carbocycles. The maximum Gasteiger partial charge on any atom is 0.0534 e. The van der Waals surface area contributed by atoms with E-state index in [1.165, 1.54) is 17.7 Å². The molecule has 1 aliphatic heterocycles. The number of nitrogens with one attached hydrogen (secondary N) is 1. The number of likely N-dealkylation sites (tertiary alicyclic amines) is 1. The van der Waals surface area contributed by atoms with Crippen LogP contribution in [0.3, 0.4) is 0 Å². The van der Waals surface area contributed by atoms with Gasteiger partial charge in [-0.05, 0) is 25.5 Å². The van der Waals surface area contributed by atoms with Crippen LogP contribution in [-0.2, 0) is 13.1 Å². The lowest BCUT2D eigenvalue weighted by Crippen LogP contribution is -2.19. The molecule has 19 heavy (non-hydrogen) atoms. The summed E-state index contributed by atoms with van der Waals surface area (Å²) in [6, 6.07) is 2.09. The first-order valence-electron chi connectivity index (χ1n) is 7.08. The average molecular weight is 259 g/mol. The predicted molar refractivity (Wildman–Crippen MR) is 73.7 cm³/mol. The van der Waals surface area contributed by atoms with Crippen LogP contribution in [0.1, 0.15) is 36.9 Å². The van der Waals surface area contributed by atoms with Crippen molar-refractivity contribution in [3.8, 4) is 0 Å². The fourth-order valence-corrected chi connectivity index (χ4v) is 2.82. The summed E-state index contributed by atoms with van der Waals surface area (Å²) in [5, 5.41) is 11.5. The molecule has 1 fully saturated rings. The zero-order valence-corrected chi connectivity index (χ0v) is 11.4. The van der Waals surface area contributed by atoms with Crippen molar-refractivity contribution in [1.29, 1.82) is 0 Å². The number of hydrogen-bond acceptors (Lipinski definition) is 3. The normalized spacial score (nSPS) is 20.2. The highest BCUT2D eigenvalue weighted by atomic mass is 15.3. The van der Waals surface area contributed by atoms with Gasteiger partial charge in [0.1, 0.15) is 0 Å². The van der Waals surface area contributed by atoms with Crippen molar-refractivity contribution in [3.05, 3.63) is 35.9 Å². The molecule has 0 bridgehead atoms. The molecule has 3 rings (SSSR count). The molecular formula is C14H21N5. The second-order valence-electron chi connectivity index (χ2n) is 5.34. The molecule has 0 radical (unpaired) electrons. The fraction of sp³-hybridized carbons (Fsp3) is 0.571. The molecule has 0 amide bonds. The monoisotopic (exact) mass is 259 g/mol. The summed E-state index contributed by atoms with van der Waals surface area (Å²) < 4.78 is 2.04. The lowest BCUT2D eigenvalue weighted by molar-refractivity contribution is 0.326. The molecule has 2 aromatic heterocycles. The largest absolute Gasteiger partial charge is 0.298 e. The quantitative estimate of drug-likeness (QED) is 0.893. The second-order valence-corrected chi connectivity index (χ2v) is 5.34. The summed E-state index contributed by atoms with van der Waals surface area (Å²) in [6.45, 7) is 6.46. The van der Waals surface area contributed by atoms with E-state index in [0.717, 1.165) is 32.6 Å². The molecule has 2 aromatic rings. The Balaban J connectivity index is 1.56. The van der Waals surface area contributed by atoms with E-state index < -0.39 is 0 Å². The Bertz CT molecular complexity index is 502. The molecule has 1 atom stereocenters. The molecule has 1 N–H and O–H groups in total. The van der Waals surface area contributed by atoms with Gasteiger partial charge >= 0.3 is 0 Å². The molecule has 5 nitrogen and oxygen atoms in total. The summed E-state index contributed by atoms with van der Waals surface area (Å²) in [5.74, 6) is 0.605. The average Bonchev–Trinajstić information content (AvgIpc) is 3.10. The first kappa shape index (κ1) is 12.4. The summed E-state index contributed by atoms with van der Waals surface area (Å²) in [4.78, 5) is 2.50. The molecule has 102 valence electrons. The molecule has 1 saturated heterocycles. The van der Waals surface area contributed by atoms with Gasteiger partial charge in [0.15, 0.2) is 0 Å². The van der Waals surface area contributed by atoms with Crippen LogP contribution in [0.4, 0.5) is 0 Å². The molecule has 0 saturated carbocycles. The first-order valence-corrected chi connectivity index (χ1v) is 7.08. The van der Waals surface area contributed by atoms with Crippen molar-refractivity contribution in [2.75, 3.05) is 13.1 Å². The summed E-state index contributed by atoms with van der Waals surface area (Å²) in [5.41, 5.74) is 2.59. The van der Waals surface area contributed by atoms with Gasteiger partial charge < -0.3 is 0 Å². The highest BCUT2D eigenvalue weighted by Crippen LogP contribution is 2.26. The molecule has 1 aliphatic rings. The number of aryl methyl sites for hydroxylation is 1. The van der Waals surface area contributed by atoms with Gasteiger partial charge in [0.2, 0.25) is 0 Å². The van der Waals surface area contributed by atoms with Gasteiger partial charge in [0.05, 0.1) is 6.20 Å². The van der Waals surface area contributed by atoms with Crippen LogP contribution in [0.25, 0.3) is 0 Å². The van der Waals surface area contributed by atoms with Gasteiger partial charge in [-0.25, -0.2) is 0 Å². The SMILES string of the molecule is CCCn1cc(CN2CC[C@H](c3ccn[nH]3)C2)cn1. The number of aromatic amines is 1. The summed E-state index contributed by atoms with van der Waals surface area (Å²) >= 11 is 0. The number of rotatable bonds is 5. The van der Waals surface area contributed by atoms with E-state index >= 15 is 0 Å². The van der Waals surface area contributed by atoms with E-state index in [1.54, 1.807) is 0 Å². The Hall–Kier alpha value is -1.62. The van der Waals surface area contributed by atoms with E-state index in [2.05, 4.69) is 39.4 Å². The van der Waals surface area contributed by atoms with Crippen molar-refractivity contribution in [1.82, 2.24) is 24.9 Å². The van der Waals surface area contributed by atoms with E-state index in [4.69, 9.17) is 0 Å². The Kier molecular flexibility index (Phi) is 3.64. The first-order chi connectivity index (χ1) is 9.35. The van der Waals surface area contributed by atoms with E-state index in [-0.39, 0.29) is 0 Å². The Morgan fingerprint density at radius 2 is 2.42 bits per heavy atom. The smallest absolute Gasteiger partial charge is 0.0534 e. The van der Waals surface area contributed by atoms with Crippen LogP contribution in [0, 0.1) is 0 Å². The van der Waals surface area contributed by atoms with Crippen molar-refractivity contribution in [3.63, 3.8) is 0 Å². The zero-order chi connectivity index (χ0) is 13.1. The Morgan fingerprint density at radius 1 is 1.47 bits per heavy atom. The van der Waals surface area contributed by atoms with Crippen molar-refractivity contribution >= 4 is 0 Å². The minimum atomic E-state index is 0.605. The number of hydrogen-bond donors (Lipinski definition) is 1. The zero-order valence-electron chi connectivity index (χ0n) is 11.4. The summed E-state index contributed by atoms with van der Waals surface area (Å²) in [6.07, 6.45) is 8.36. The van der Waals surface area contributed by atoms with Gasteiger partial charge in [-0.2, -0.15) is 10.2 Å². The Morgan fingerprint density at radius 3 is 3.21 bits per heavy atom. The molecule has 5 heteroatoms. The van der Waals surface area contributed by atoms with Crippen LogP contribution in [0.5, 0.6) is 0 Å². The van der Waals surface area contributed by atoms with Gasteiger partial charge in [-0.3, -0.25) is 14.7 Å². The maximum atomic E-state index is 4.39. The molecule has 0 unspecified atom stereocenters. The second kappa shape index (κ2) is 5.57. The number of H-pyrrole nitrogens is 1. The minimum absolute atomic E-state index is 0.605. The van der Waals surface area contributed by atoms with Crippen LogP contribution >= 0.6 is 0 Å². The summed E-state index contributed by atoms with van der Waals surface area (Å²) in [7, 11) is 0.